The van der Waals surface area contributed by atoms with Crippen molar-refractivity contribution >= 4 is 28.4 Å². The van der Waals surface area contributed by atoms with Crippen molar-refractivity contribution in [1.82, 2.24) is 5.32 Å². The summed E-state index contributed by atoms with van der Waals surface area (Å²) in [4.78, 5) is 22.6. The van der Waals surface area contributed by atoms with Crippen LogP contribution in [0.5, 0.6) is 0 Å². The van der Waals surface area contributed by atoms with Gasteiger partial charge in [0, 0.05) is 6.92 Å². The minimum Gasteiger partial charge on any atom is -0.387 e. The highest BCUT2D eigenvalue weighted by Gasteiger charge is 2.32. The number of amides is 2. The summed E-state index contributed by atoms with van der Waals surface area (Å²) in [7, 11) is -3.82. The zero-order valence-corrected chi connectivity index (χ0v) is 13.7. The maximum Gasteiger partial charge on any atom is 0.281 e. The molecule has 0 heterocycles. The Kier molecular flexibility index (Phi) is 5.72. The lowest BCUT2D eigenvalue weighted by molar-refractivity contribution is -0.145. The van der Waals surface area contributed by atoms with Crippen LogP contribution in [0.25, 0.3) is 0 Å². The van der Waals surface area contributed by atoms with Crippen molar-refractivity contribution in [1.29, 1.82) is 0 Å². The molecule has 0 bridgehead atoms. The van der Waals surface area contributed by atoms with Crippen molar-refractivity contribution < 1.29 is 18.4 Å². The molecule has 1 N–H and O–H groups in total. The predicted molar refractivity (Wildman–Crippen MR) is 71.5 cm³/mol. The van der Waals surface area contributed by atoms with Crippen molar-refractivity contribution in [3.8, 4) is 0 Å². The molecule has 0 aromatic carbocycles. The van der Waals surface area contributed by atoms with Crippen LogP contribution in [0.2, 0.25) is 39.3 Å². The highest BCUT2D eigenvalue weighted by molar-refractivity contribution is 6.71. The first-order valence-corrected chi connectivity index (χ1v) is 12.4. The van der Waals surface area contributed by atoms with Crippen LogP contribution in [-0.2, 0) is 18.4 Å². The first-order valence-electron chi connectivity index (χ1n) is 5.58. The third-order valence-electron chi connectivity index (χ3n) is 1.43. The van der Waals surface area contributed by atoms with Gasteiger partial charge in [-0.25, -0.2) is 0 Å². The summed E-state index contributed by atoms with van der Waals surface area (Å²) in [5, 5.41) is 2.20. The zero-order chi connectivity index (χ0) is 13.9. The van der Waals surface area contributed by atoms with Crippen LogP contribution in [0.15, 0.2) is 0 Å². The summed E-state index contributed by atoms with van der Waals surface area (Å²) in [5.41, 5.74) is 0. The topological polar surface area (TPSA) is 64.6 Å². The van der Waals surface area contributed by atoms with Gasteiger partial charge >= 0.3 is 0 Å². The minimum absolute atomic E-state index is 0.404. The maximum atomic E-state index is 11.8. The molecule has 0 aromatic heterocycles. The molecule has 5 nitrogen and oxygen atoms in total. The lowest BCUT2D eigenvalue weighted by Gasteiger charge is -2.30. The molecular formula is C10H23NO4Si2. The zero-order valence-electron chi connectivity index (χ0n) is 11.7. The molecule has 7 heteroatoms. The van der Waals surface area contributed by atoms with Gasteiger partial charge in [-0.15, -0.1) is 0 Å². The van der Waals surface area contributed by atoms with Crippen molar-refractivity contribution in [3.05, 3.63) is 0 Å². The van der Waals surface area contributed by atoms with Crippen LogP contribution in [0, 0.1) is 0 Å². The first-order chi connectivity index (χ1) is 7.41. The number of rotatable bonds is 5. The Morgan fingerprint density at radius 3 is 1.53 bits per heavy atom. The van der Waals surface area contributed by atoms with Crippen LogP contribution in [0.1, 0.15) is 6.92 Å². The second-order valence-electron chi connectivity index (χ2n) is 5.84. The fraction of sp³-hybridized carbons (Fsp3) is 0.800. The van der Waals surface area contributed by atoms with E-state index < -0.39 is 34.7 Å². The molecule has 2 amide bonds. The van der Waals surface area contributed by atoms with Gasteiger partial charge in [0.2, 0.25) is 12.2 Å². The summed E-state index contributed by atoms with van der Waals surface area (Å²) >= 11 is 0. The summed E-state index contributed by atoms with van der Waals surface area (Å²) in [6.45, 7) is 13.1. The minimum atomic E-state index is -1.91. The van der Waals surface area contributed by atoms with E-state index in [2.05, 4.69) is 5.32 Å². The molecule has 0 atom stereocenters. The standard InChI is InChI=1S/C10H23NO4Si2/c1-8(12)11-9(13)10(14-16(2,3)4)15-17(5,6)7/h10H,1-7H3,(H,11,12,13)/i11+1. The van der Waals surface area contributed by atoms with Gasteiger partial charge in [0.25, 0.3) is 5.91 Å². The number of imide groups is 1. The smallest absolute Gasteiger partial charge is 0.281 e. The summed E-state index contributed by atoms with van der Waals surface area (Å²) in [5.74, 6) is -0.916. The highest BCUT2D eigenvalue weighted by Crippen LogP contribution is 2.14. The average Bonchev–Trinajstić information content (AvgIpc) is 1.95. The third kappa shape index (κ3) is 9.22. The van der Waals surface area contributed by atoms with Gasteiger partial charge in [0.1, 0.15) is 0 Å². The molecule has 0 unspecified atom stereocenters. The molecule has 0 spiro atoms. The molecule has 0 fully saturated rings. The molecule has 17 heavy (non-hydrogen) atoms. The van der Waals surface area contributed by atoms with Gasteiger partial charge in [0.15, 0.2) is 16.6 Å². The molecule has 0 saturated carbocycles. The van der Waals surface area contributed by atoms with Gasteiger partial charge in [-0.3, -0.25) is 14.9 Å². The molecule has 0 aromatic rings. The van der Waals surface area contributed by atoms with Crippen LogP contribution in [0.4, 0.5) is 0 Å². The van der Waals surface area contributed by atoms with E-state index in [-0.39, 0.29) is 0 Å². The molecule has 100 valence electrons. The number of carbonyl (C=O) groups is 2. The second-order valence-corrected chi connectivity index (χ2v) is 14.8. The Morgan fingerprint density at radius 1 is 0.941 bits per heavy atom. The van der Waals surface area contributed by atoms with E-state index in [4.69, 9.17) is 8.85 Å². The van der Waals surface area contributed by atoms with Gasteiger partial charge < -0.3 is 8.85 Å². The van der Waals surface area contributed by atoms with Crippen molar-refractivity contribution in [2.45, 2.75) is 52.5 Å². The summed E-state index contributed by atoms with van der Waals surface area (Å²) < 4.78 is 11.3. The Bertz CT molecular complexity index is 278. The largest absolute Gasteiger partial charge is 0.387 e. The highest BCUT2D eigenvalue weighted by atomic mass is 28.4. The summed E-state index contributed by atoms with van der Waals surface area (Å²) in [6, 6.07) is 0. The number of hydrogen-bond acceptors (Lipinski definition) is 4. The van der Waals surface area contributed by atoms with E-state index >= 15 is 0 Å². The number of hydrogen-bond donors (Lipinski definition) is 1. The van der Waals surface area contributed by atoms with Crippen LogP contribution < -0.4 is 5.32 Å². The SMILES string of the molecule is CC(=O)[15NH]C(=O)C(O[Si](C)(C)C)O[Si](C)(C)C. The molecule has 0 radical (unpaired) electrons. The van der Waals surface area contributed by atoms with Gasteiger partial charge in [0.05, 0.1) is 0 Å². The molecular weight excluding hydrogens is 255 g/mol. The van der Waals surface area contributed by atoms with Gasteiger partial charge in [-0.1, -0.05) is 0 Å². The monoisotopic (exact) mass is 278 g/mol. The Morgan fingerprint density at radius 2 is 1.29 bits per heavy atom. The Hall–Kier alpha value is -0.506. The first kappa shape index (κ1) is 16.5. The second kappa shape index (κ2) is 5.90. The number of nitrogens with one attached hydrogen (secondary N) is 1. The van der Waals surface area contributed by atoms with Crippen LogP contribution in [0.3, 0.4) is 0 Å². The Labute approximate surface area is 105 Å². The fourth-order valence-corrected chi connectivity index (χ4v) is 2.70. The van der Waals surface area contributed by atoms with Crippen molar-refractivity contribution in [3.63, 3.8) is 0 Å². The van der Waals surface area contributed by atoms with Crippen molar-refractivity contribution in [2.24, 2.45) is 0 Å². The maximum absolute atomic E-state index is 11.8. The third-order valence-corrected chi connectivity index (χ3v) is 3.28. The van der Waals surface area contributed by atoms with Crippen LogP contribution in [-0.4, -0.2) is 34.7 Å². The molecule has 0 aliphatic carbocycles. The Balaban J connectivity index is 4.73. The van der Waals surface area contributed by atoms with E-state index in [1.165, 1.54) is 6.92 Å². The summed E-state index contributed by atoms with van der Waals surface area (Å²) in [6.07, 6.45) is -0.975. The number of carbonyl (C=O) groups excluding carboxylic acids is 2. The molecule has 0 saturated heterocycles. The van der Waals surface area contributed by atoms with Gasteiger partial charge in [-0.2, -0.15) is 0 Å². The lowest BCUT2D eigenvalue weighted by Crippen LogP contribution is -2.49. The fourth-order valence-electron chi connectivity index (χ4n) is 1.01. The van der Waals surface area contributed by atoms with Crippen molar-refractivity contribution in [2.75, 3.05) is 0 Å². The van der Waals surface area contributed by atoms with E-state index in [9.17, 15) is 9.59 Å². The average molecular weight is 278 g/mol. The van der Waals surface area contributed by atoms with E-state index in [1.807, 2.05) is 39.3 Å². The van der Waals surface area contributed by atoms with E-state index in [1.54, 1.807) is 0 Å². The van der Waals surface area contributed by atoms with Gasteiger partial charge in [-0.05, 0) is 39.3 Å². The van der Waals surface area contributed by atoms with Crippen LogP contribution >= 0.6 is 0 Å². The molecule has 0 aliphatic rings. The van der Waals surface area contributed by atoms with E-state index in [0.29, 0.717) is 0 Å². The molecule has 0 aliphatic heterocycles. The predicted octanol–water partition coefficient (Wildman–Crippen LogP) is 1.68. The molecule has 0 rings (SSSR count). The quantitative estimate of drug-likeness (QED) is 0.472. The lowest BCUT2D eigenvalue weighted by atomic mass is 10.6. The van der Waals surface area contributed by atoms with E-state index in [0.717, 1.165) is 0 Å². The normalized spacial score (nSPS) is 12.7.